The molecule has 3 aromatic rings. The molecule has 1 saturated carbocycles. The minimum atomic E-state index is -0.144. The van der Waals surface area contributed by atoms with Crippen molar-refractivity contribution in [3.05, 3.63) is 71.2 Å². The molecule has 1 fully saturated rings. The van der Waals surface area contributed by atoms with Crippen molar-refractivity contribution in [2.24, 2.45) is 0 Å². The maximum absolute atomic E-state index is 13.7. The minimum Gasteiger partial charge on any atom is -0.357 e. The lowest BCUT2D eigenvalue weighted by Gasteiger charge is -2.43. The first-order valence-corrected chi connectivity index (χ1v) is 9.36. The molecule has 2 aromatic carbocycles. The van der Waals surface area contributed by atoms with Gasteiger partial charge in [0.05, 0.1) is 5.54 Å². The fourth-order valence-electron chi connectivity index (χ4n) is 5.00. The molecule has 0 unspecified atom stereocenters. The van der Waals surface area contributed by atoms with E-state index >= 15 is 0 Å². The molecule has 1 aliphatic carbocycles. The van der Waals surface area contributed by atoms with E-state index in [-0.39, 0.29) is 11.4 Å². The van der Waals surface area contributed by atoms with Gasteiger partial charge in [0, 0.05) is 23.1 Å². The SMILES string of the molecule is Fc1ccc2[nH]c3c(c2c1)CCNC31CCC(c2ccccc2)CC1. The van der Waals surface area contributed by atoms with E-state index in [9.17, 15) is 4.39 Å². The third kappa shape index (κ3) is 2.41. The number of aromatic amines is 1. The molecule has 3 heteroatoms. The summed E-state index contributed by atoms with van der Waals surface area (Å²) >= 11 is 0. The molecule has 0 amide bonds. The van der Waals surface area contributed by atoms with Gasteiger partial charge in [-0.2, -0.15) is 0 Å². The quantitative estimate of drug-likeness (QED) is 0.643. The lowest BCUT2D eigenvalue weighted by Crippen LogP contribution is -2.49. The molecule has 2 N–H and O–H groups in total. The van der Waals surface area contributed by atoms with Crippen molar-refractivity contribution in [2.45, 2.75) is 43.6 Å². The van der Waals surface area contributed by atoms with Gasteiger partial charge in [0.2, 0.25) is 0 Å². The molecule has 1 aromatic heterocycles. The summed E-state index contributed by atoms with van der Waals surface area (Å²) in [7, 11) is 0. The van der Waals surface area contributed by atoms with Crippen LogP contribution in [0.3, 0.4) is 0 Å². The van der Waals surface area contributed by atoms with Crippen LogP contribution in [0.15, 0.2) is 48.5 Å². The van der Waals surface area contributed by atoms with E-state index < -0.39 is 0 Å². The topological polar surface area (TPSA) is 27.8 Å². The predicted molar refractivity (Wildman–Crippen MR) is 99.3 cm³/mol. The molecular formula is C22H23FN2. The highest BCUT2D eigenvalue weighted by molar-refractivity contribution is 5.85. The summed E-state index contributed by atoms with van der Waals surface area (Å²) in [5, 5.41) is 4.88. The number of H-pyrrole nitrogens is 1. The number of hydrogen-bond donors (Lipinski definition) is 2. The normalized spacial score (nSPS) is 26.0. The van der Waals surface area contributed by atoms with E-state index in [4.69, 9.17) is 0 Å². The Morgan fingerprint density at radius 3 is 2.60 bits per heavy atom. The largest absolute Gasteiger partial charge is 0.357 e. The average Bonchev–Trinajstić information content (AvgIpc) is 3.03. The van der Waals surface area contributed by atoms with Crippen molar-refractivity contribution in [2.75, 3.05) is 6.54 Å². The standard InChI is InChI=1S/C22H23FN2/c23-17-6-7-20-19(14-17)18-10-13-24-22(21(18)25-20)11-8-16(9-12-22)15-4-2-1-3-5-15/h1-7,14,16,24-25H,8-13H2. The van der Waals surface area contributed by atoms with Crippen LogP contribution in [-0.4, -0.2) is 11.5 Å². The van der Waals surface area contributed by atoms with Crippen LogP contribution in [0.2, 0.25) is 0 Å². The van der Waals surface area contributed by atoms with E-state index in [0.717, 1.165) is 36.7 Å². The van der Waals surface area contributed by atoms with E-state index in [1.54, 1.807) is 12.1 Å². The molecule has 25 heavy (non-hydrogen) atoms. The van der Waals surface area contributed by atoms with E-state index in [1.165, 1.54) is 29.7 Å². The Kier molecular flexibility index (Phi) is 3.46. The summed E-state index contributed by atoms with van der Waals surface area (Å²) in [5.41, 5.74) is 5.21. The highest BCUT2D eigenvalue weighted by atomic mass is 19.1. The van der Waals surface area contributed by atoms with E-state index in [2.05, 4.69) is 40.6 Å². The first-order chi connectivity index (χ1) is 12.3. The van der Waals surface area contributed by atoms with Crippen molar-refractivity contribution >= 4 is 10.9 Å². The van der Waals surface area contributed by atoms with Crippen molar-refractivity contribution in [3.8, 4) is 0 Å². The summed E-state index contributed by atoms with van der Waals surface area (Å²) in [4.78, 5) is 3.63. The van der Waals surface area contributed by atoms with Crippen molar-refractivity contribution in [1.29, 1.82) is 0 Å². The van der Waals surface area contributed by atoms with Crippen molar-refractivity contribution in [1.82, 2.24) is 10.3 Å². The van der Waals surface area contributed by atoms with Crippen LogP contribution >= 0.6 is 0 Å². The lowest BCUT2D eigenvalue weighted by atomic mass is 9.70. The first-order valence-electron chi connectivity index (χ1n) is 9.36. The third-order valence-electron chi connectivity index (χ3n) is 6.30. The smallest absolute Gasteiger partial charge is 0.123 e. The van der Waals surface area contributed by atoms with Crippen LogP contribution in [0.4, 0.5) is 4.39 Å². The number of aromatic nitrogens is 1. The highest BCUT2D eigenvalue weighted by Crippen LogP contribution is 2.46. The zero-order valence-electron chi connectivity index (χ0n) is 14.3. The first kappa shape index (κ1) is 15.2. The van der Waals surface area contributed by atoms with Crippen LogP contribution in [-0.2, 0) is 12.0 Å². The van der Waals surface area contributed by atoms with Gasteiger partial charge in [-0.25, -0.2) is 4.39 Å². The van der Waals surface area contributed by atoms with Crippen LogP contribution in [0.5, 0.6) is 0 Å². The predicted octanol–water partition coefficient (Wildman–Crippen LogP) is 5.01. The maximum Gasteiger partial charge on any atom is 0.123 e. The molecule has 2 aliphatic rings. The Balaban J connectivity index is 1.49. The third-order valence-corrected chi connectivity index (χ3v) is 6.30. The van der Waals surface area contributed by atoms with Gasteiger partial charge in [-0.15, -0.1) is 0 Å². The molecule has 0 saturated heterocycles. The fraction of sp³-hybridized carbons (Fsp3) is 0.364. The van der Waals surface area contributed by atoms with Crippen molar-refractivity contribution < 1.29 is 4.39 Å². The Hall–Kier alpha value is -2.13. The van der Waals surface area contributed by atoms with Crippen LogP contribution in [0.1, 0.15) is 48.4 Å². The Morgan fingerprint density at radius 2 is 1.80 bits per heavy atom. The van der Waals surface area contributed by atoms with Crippen LogP contribution in [0, 0.1) is 5.82 Å². The Morgan fingerprint density at radius 1 is 1.00 bits per heavy atom. The summed E-state index contributed by atoms with van der Waals surface area (Å²) < 4.78 is 13.7. The van der Waals surface area contributed by atoms with E-state index in [0.29, 0.717) is 5.92 Å². The second-order valence-electron chi connectivity index (χ2n) is 7.61. The summed E-state index contributed by atoms with van der Waals surface area (Å²) in [5.74, 6) is 0.510. The summed E-state index contributed by atoms with van der Waals surface area (Å²) in [6.45, 7) is 0.979. The van der Waals surface area contributed by atoms with Gasteiger partial charge < -0.3 is 10.3 Å². The highest BCUT2D eigenvalue weighted by Gasteiger charge is 2.41. The molecular weight excluding hydrogens is 311 g/mol. The number of hydrogen-bond acceptors (Lipinski definition) is 1. The summed E-state index contributed by atoms with van der Waals surface area (Å²) in [6.07, 6.45) is 5.63. The van der Waals surface area contributed by atoms with Gasteiger partial charge in [0.15, 0.2) is 0 Å². The fourth-order valence-corrected chi connectivity index (χ4v) is 5.00. The van der Waals surface area contributed by atoms with E-state index in [1.807, 2.05) is 6.07 Å². The average molecular weight is 334 g/mol. The number of nitrogens with one attached hydrogen (secondary N) is 2. The van der Waals surface area contributed by atoms with Gasteiger partial charge in [-0.1, -0.05) is 30.3 Å². The van der Waals surface area contributed by atoms with Gasteiger partial charge in [0.1, 0.15) is 5.82 Å². The molecule has 1 aliphatic heterocycles. The monoisotopic (exact) mass is 334 g/mol. The second kappa shape index (κ2) is 5.70. The molecule has 2 nitrogen and oxygen atoms in total. The molecule has 5 rings (SSSR count). The molecule has 0 radical (unpaired) electrons. The maximum atomic E-state index is 13.7. The number of fused-ring (bicyclic) bond motifs is 4. The minimum absolute atomic E-state index is 0.0361. The molecule has 0 atom stereocenters. The Labute approximate surface area is 147 Å². The molecule has 128 valence electrons. The Bertz CT molecular complexity index is 904. The van der Waals surface area contributed by atoms with Gasteiger partial charge >= 0.3 is 0 Å². The zero-order chi connectivity index (χ0) is 16.9. The molecule has 2 heterocycles. The number of rotatable bonds is 1. The van der Waals surface area contributed by atoms with Crippen LogP contribution < -0.4 is 5.32 Å². The van der Waals surface area contributed by atoms with Crippen molar-refractivity contribution in [3.63, 3.8) is 0 Å². The van der Waals surface area contributed by atoms with Crippen LogP contribution in [0.25, 0.3) is 10.9 Å². The molecule has 0 bridgehead atoms. The summed E-state index contributed by atoms with van der Waals surface area (Å²) in [6, 6.07) is 16.0. The number of halogens is 1. The van der Waals surface area contributed by atoms with Gasteiger partial charge in [-0.3, -0.25) is 0 Å². The van der Waals surface area contributed by atoms with Gasteiger partial charge in [-0.05, 0) is 67.3 Å². The lowest BCUT2D eigenvalue weighted by molar-refractivity contribution is 0.202. The molecule has 1 spiro atoms. The number of benzene rings is 2. The zero-order valence-corrected chi connectivity index (χ0v) is 14.3. The van der Waals surface area contributed by atoms with Gasteiger partial charge in [0.25, 0.3) is 0 Å². The second-order valence-corrected chi connectivity index (χ2v) is 7.61.